The number of hydrogen-bond donors (Lipinski definition) is 1. The average molecular weight is 428 g/mol. The van der Waals surface area contributed by atoms with Gasteiger partial charge in [0.05, 0.1) is 25.4 Å². The largest absolute Gasteiger partial charge is 0.398 e. The highest BCUT2D eigenvalue weighted by Gasteiger charge is 2.43. The Morgan fingerprint density at radius 3 is 2.55 bits per heavy atom. The molecule has 2 N–H and O–H groups in total. The number of nitrogens with zero attached hydrogens (tertiary/aromatic N) is 2. The van der Waals surface area contributed by atoms with E-state index in [2.05, 4.69) is 55.0 Å². The minimum absolute atomic E-state index is 0.255. The summed E-state index contributed by atoms with van der Waals surface area (Å²) in [4.78, 5) is 4.95. The number of likely N-dealkylation sites (tertiary alicyclic amines) is 1. The monoisotopic (exact) mass is 427 g/mol. The Morgan fingerprint density at radius 2 is 1.87 bits per heavy atom. The summed E-state index contributed by atoms with van der Waals surface area (Å²) >= 11 is 0. The molecule has 5 heteroatoms. The normalized spacial score (nSPS) is 30.9. The van der Waals surface area contributed by atoms with E-state index in [4.69, 9.17) is 15.2 Å². The molecule has 1 aliphatic carbocycles. The summed E-state index contributed by atoms with van der Waals surface area (Å²) in [5.74, 6) is 0. The second-order valence-electron chi connectivity index (χ2n) is 9.85. The van der Waals surface area contributed by atoms with Crippen LogP contribution >= 0.6 is 0 Å². The van der Waals surface area contributed by atoms with Crippen molar-refractivity contribution in [3.8, 4) is 0 Å². The number of anilines is 1. The van der Waals surface area contributed by atoms with Crippen LogP contribution in [0, 0.1) is 0 Å². The first-order valence-electron chi connectivity index (χ1n) is 12.2. The minimum Gasteiger partial charge on any atom is -0.398 e. The van der Waals surface area contributed by atoms with Crippen molar-refractivity contribution in [1.29, 1.82) is 0 Å². The SMILES string of the molecule is CC1CC(OCCN2CCOCC2)(c2ccc(N)c(C3=CCCCC3)c2)CC(C)N1C. The molecule has 0 aromatic heterocycles. The lowest BCUT2D eigenvalue weighted by Gasteiger charge is -2.48. The second kappa shape index (κ2) is 10.0. The van der Waals surface area contributed by atoms with E-state index in [0.29, 0.717) is 12.1 Å². The number of rotatable bonds is 6. The van der Waals surface area contributed by atoms with Crippen LogP contribution in [0.3, 0.4) is 0 Å². The molecule has 1 aromatic carbocycles. The highest BCUT2D eigenvalue weighted by atomic mass is 16.5. The molecular formula is C26H41N3O2. The molecule has 1 aromatic rings. The van der Waals surface area contributed by atoms with E-state index in [9.17, 15) is 0 Å². The zero-order valence-electron chi connectivity index (χ0n) is 19.7. The number of allylic oxidation sites excluding steroid dienone is 2. The van der Waals surface area contributed by atoms with Gasteiger partial charge in [-0.1, -0.05) is 12.1 Å². The molecule has 2 fully saturated rings. The van der Waals surface area contributed by atoms with Gasteiger partial charge < -0.3 is 20.1 Å². The fourth-order valence-electron chi connectivity index (χ4n) is 5.59. The third kappa shape index (κ3) is 5.16. The van der Waals surface area contributed by atoms with Gasteiger partial charge in [-0.2, -0.15) is 0 Å². The standard InChI is InChI=1S/C26H41N3O2/c1-20-18-26(19-21(2)28(20)3,31-16-13-29-11-14-30-15-12-29)23-9-10-25(27)24(17-23)22-7-5-4-6-8-22/h7,9-10,17,20-21H,4-6,8,11-16,18-19,27H2,1-3H3. The number of ether oxygens (including phenoxy) is 2. The van der Waals surface area contributed by atoms with Crippen LogP contribution in [0.4, 0.5) is 5.69 Å². The van der Waals surface area contributed by atoms with Gasteiger partial charge in [-0.05, 0) is 82.7 Å². The Kier molecular flexibility index (Phi) is 7.37. The summed E-state index contributed by atoms with van der Waals surface area (Å²) < 4.78 is 12.4. The van der Waals surface area contributed by atoms with Gasteiger partial charge in [0, 0.05) is 43.0 Å². The molecule has 2 unspecified atom stereocenters. The summed E-state index contributed by atoms with van der Waals surface area (Å²) in [6.45, 7) is 10.1. The Labute approximate surface area is 188 Å². The van der Waals surface area contributed by atoms with Crippen molar-refractivity contribution in [1.82, 2.24) is 9.80 Å². The molecule has 3 aliphatic rings. The van der Waals surface area contributed by atoms with Crippen molar-refractivity contribution in [2.75, 3.05) is 52.2 Å². The van der Waals surface area contributed by atoms with Crippen molar-refractivity contribution >= 4 is 11.3 Å². The molecule has 2 aliphatic heterocycles. The molecule has 5 nitrogen and oxygen atoms in total. The smallest absolute Gasteiger partial charge is 0.0961 e. The van der Waals surface area contributed by atoms with Gasteiger partial charge in [0.1, 0.15) is 0 Å². The van der Waals surface area contributed by atoms with E-state index in [0.717, 1.165) is 64.4 Å². The molecule has 0 spiro atoms. The van der Waals surface area contributed by atoms with Gasteiger partial charge in [-0.25, -0.2) is 0 Å². The van der Waals surface area contributed by atoms with E-state index >= 15 is 0 Å². The van der Waals surface area contributed by atoms with Crippen LogP contribution in [0.25, 0.3) is 5.57 Å². The van der Waals surface area contributed by atoms with Crippen LogP contribution in [0.1, 0.15) is 63.5 Å². The maximum Gasteiger partial charge on any atom is 0.0961 e. The second-order valence-corrected chi connectivity index (χ2v) is 9.85. The molecule has 0 bridgehead atoms. The van der Waals surface area contributed by atoms with Crippen molar-refractivity contribution in [2.45, 2.75) is 70.1 Å². The van der Waals surface area contributed by atoms with Gasteiger partial charge >= 0.3 is 0 Å². The quantitative estimate of drug-likeness (QED) is 0.687. The summed E-state index contributed by atoms with van der Waals surface area (Å²) in [7, 11) is 2.24. The Balaban J connectivity index is 1.60. The van der Waals surface area contributed by atoms with Gasteiger partial charge in [0.2, 0.25) is 0 Å². The van der Waals surface area contributed by atoms with Gasteiger partial charge in [-0.3, -0.25) is 4.90 Å². The van der Waals surface area contributed by atoms with E-state index in [1.807, 2.05) is 0 Å². The van der Waals surface area contributed by atoms with Crippen molar-refractivity contribution < 1.29 is 9.47 Å². The van der Waals surface area contributed by atoms with Gasteiger partial charge in [-0.15, -0.1) is 0 Å². The first-order valence-corrected chi connectivity index (χ1v) is 12.2. The summed E-state index contributed by atoms with van der Waals surface area (Å²) in [6.07, 6.45) is 9.27. The third-order valence-electron chi connectivity index (χ3n) is 7.75. The Bertz CT molecular complexity index is 760. The minimum atomic E-state index is -0.255. The molecule has 31 heavy (non-hydrogen) atoms. The van der Waals surface area contributed by atoms with E-state index < -0.39 is 0 Å². The third-order valence-corrected chi connectivity index (χ3v) is 7.75. The lowest BCUT2D eigenvalue weighted by Crippen LogP contribution is -2.52. The van der Waals surface area contributed by atoms with Crippen molar-refractivity contribution in [3.63, 3.8) is 0 Å². The molecule has 2 heterocycles. The number of nitrogen functional groups attached to an aromatic ring is 1. The van der Waals surface area contributed by atoms with E-state index in [1.54, 1.807) is 0 Å². The first-order chi connectivity index (χ1) is 15.0. The highest BCUT2D eigenvalue weighted by Crippen LogP contribution is 2.43. The molecule has 0 saturated carbocycles. The molecule has 2 atom stereocenters. The maximum atomic E-state index is 6.86. The fraction of sp³-hybridized carbons (Fsp3) is 0.692. The van der Waals surface area contributed by atoms with Crippen LogP contribution in [0.2, 0.25) is 0 Å². The topological polar surface area (TPSA) is 51.0 Å². The van der Waals surface area contributed by atoms with Crippen molar-refractivity contribution in [2.24, 2.45) is 0 Å². The van der Waals surface area contributed by atoms with E-state index in [1.165, 1.54) is 36.0 Å². The Hall–Kier alpha value is -1.40. The molecule has 0 radical (unpaired) electrons. The molecule has 172 valence electrons. The van der Waals surface area contributed by atoms with Crippen LogP contribution in [0.5, 0.6) is 0 Å². The summed E-state index contributed by atoms with van der Waals surface area (Å²) in [5, 5.41) is 0. The lowest BCUT2D eigenvalue weighted by molar-refractivity contribution is -0.120. The van der Waals surface area contributed by atoms with Crippen molar-refractivity contribution in [3.05, 3.63) is 35.4 Å². The summed E-state index contributed by atoms with van der Waals surface area (Å²) in [5.41, 5.74) is 11.1. The maximum absolute atomic E-state index is 6.86. The fourth-order valence-corrected chi connectivity index (χ4v) is 5.59. The molecule has 2 saturated heterocycles. The number of benzene rings is 1. The van der Waals surface area contributed by atoms with Crippen LogP contribution < -0.4 is 5.73 Å². The lowest BCUT2D eigenvalue weighted by atomic mass is 9.77. The summed E-state index contributed by atoms with van der Waals surface area (Å²) in [6, 6.07) is 7.64. The van der Waals surface area contributed by atoms with E-state index in [-0.39, 0.29) is 5.60 Å². The molecule has 0 amide bonds. The predicted octanol–water partition coefficient (Wildman–Crippen LogP) is 4.27. The molecule has 4 rings (SSSR count). The first kappa shape index (κ1) is 22.8. The number of morpholine rings is 1. The average Bonchev–Trinajstić information content (AvgIpc) is 2.79. The van der Waals surface area contributed by atoms with Gasteiger partial charge in [0.15, 0.2) is 0 Å². The highest BCUT2D eigenvalue weighted by molar-refractivity contribution is 5.76. The van der Waals surface area contributed by atoms with Crippen LogP contribution in [0.15, 0.2) is 24.3 Å². The zero-order chi connectivity index (χ0) is 21.8. The number of nitrogens with two attached hydrogens (primary N) is 1. The number of hydrogen-bond acceptors (Lipinski definition) is 5. The number of piperidine rings is 1. The van der Waals surface area contributed by atoms with Gasteiger partial charge in [0.25, 0.3) is 0 Å². The van der Waals surface area contributed by atoms with Crippen LogP contribution in [-0.4, -0.2) is 68.4 Å². The van der Waals surface area contributed by atoms with Crippen LogP contribution in [-0.2, 0) is 15.1 Å². The Morgan fingerprint density at radius 1 is 1.13 bits per heavy atom. The zero-order valence-corrected chi connectivity index (χ0v) is 19.7. The molecular weight excluding hydrogens is 386 g/mol. The predicted molar refractivity (Wildman–Crippen MR) is 128 cm³/mol.